The van der Waals surface area contributed by atoms with Crippen LogP contribution in [0.15, 0.2) is 28.3 Å². The lowest BCUT2D eigenvalue weighted by Crippen LogP contribution is -2.42. The number of aliphatic hydroxyl groups excluding tert-OH is 5. The van der Waals surface area contributed by atoms with Gasteiger partial charge in [-0.2, -0.15) is 4.31 Å². The molecule has 3 aliphatic rings. The number of hydrogen-bond donors (Lipinski definition) is 10. The first-order valence-electron chi connectivity index (χ1n) is 15.6. The number of aromatic nitrogens is 8. The number of phosphoric acid groups is 2. The van der Waals surface area contributed by atoms with Crippen molar-refractivity contribution in [2.45, 2.75) is 63.2 Å². The van der Waals surface area contributed by atoms with Crippen molar-refractivity contribution < 1.29 is 62.5 Å². The number of aromatic amines is 2. The van der Waals surface area contributed by atoms with Gasteiger partial charge in [-0.05, 0) is 31.0 Å². The molecule has 3 aromatic rings. The van der Waals surface area contributed by atoms with Gasteiger partial charge in [0.1, 0.15) is 59.8 Å². The fraction of sp³-hybridized carbons (Fsp3) is 0.444. The standard InChI is InChI=1S/C27H33N9O15P2S/c1-9-3-11-15(21(54)10(9)2)32-17-24(33-27(43)34-25(17)42)35(11)4-12(37)18(39)13(38)5-48-52(44,45)51-53(46,47)49-6-14-19(40)20(41)26(50-14)36-8-31-16-22(28)29-7-30-23(16)36/h3,7-8,12-14,18-20,26,37-41H,4-6H2,1-2H3,(H,44,45)(H,46,47)(H2,28,29,30)(H2,33,34,42,43). The average Bonchev–Trinajstić information content (AvgIpc) is 3.65. The number of H-pyrrole nitrogens is 2. The Balaban J connectivity index is 1.08. The number of nitrogens with zero attached hydrogens (tertiary/aromatic N) is 6. The molecule has 0 aromatic carbocycles. The van der Waals surface area contributed by atoms with E-state index in [1.807, 2.05) is 4.98 Å². The highest BCUT2D eigenvalue weighted by atomic mass is 32.1. The summed E-state index contributed by atoms with van der Waals surface area (Å²) >= 11 is 5.50. The van der Waals surface area contributed by atoms with Gasteiger partial charge in [-0.1, -0.05) is 12.2 Å². The number of fused-ring (bicyclic) bond motifs is 3. The maximum atomic E-state index is 12.6. The van der Waals surface area contributed by atoms with Crippen molar-refractivity contribution in [3.8, 4) is 11.4 Å². The Labute approximate surface area is 306 Å². The van der Waals surface area contributed by atoms with Gasteiger partial charge in [0.25, 0.3) is 5.56 Å². The first kappa shape index (κ1) is 39.8. The number of rotatable bonds is 13. The minimum absolute atomic E-state index is 0.0274. The lowest BCUT2D eigenvalue weighted by atomic mass is 10.0. The number of hydrogen-bond acceptors (Lipinski definition) is 19. The van der Waals surface area contributed by atoms with Crippen molar-refractivity contribution in [1.82, 2.24) is 39.0 Å². The van der Waals surface area contributed by atoms with Crippen LogP contribution in [0.4, 0.5) is 5.82 Å². The van der Waals surface area contributed by atoms with Crippen LogP contribution in [-0.4, -0.2) is 124 Å². The highest BCUT2D eigenvalue weighted by molar-refractivity contribution is 7.71. The van der Waals surface area contributed by atoms with Crippen molar-refractivity contribution in [3.05, 3.63) is 55.2 Å². The Kier molecular flexibility index (Phi) is 11.0. The largest absolute Gasteiger partial charge is 0.481 e. The first-order valence-corrected chi connectivity index (χ1v) is 19.0. The third kappa shape index (κ3) is 7.78. The van der Waals surface area contributed by atoms with Crippen LogP contribution in [0.3, 0.4) is 0 Å². The average molecular weight is 818 g/mol. The maximum absolute atomic E-state index is 12.6. The van der Waals surface area contributed by atoms with E-state index < -0.39 is 89.5 Å². The lowest BCUT2D eigenvalue weighted by Gasteiger charge is -2.26. The summed E-state index contributed by atoms with van der Waals surface area (Å²) in [6.07, 6.45) is -10.00. The van der Waals surface area contributed by atoms with E-state index in [9.17, 15) is 54.0 Å². The van der Waals surface area contributed by atoms with Gasteiger partial charge in [0, 0.05) is 0 Å². The van der Waals surface area contributed by atoms with Crippen LogP contribution in [-0.2, 0) is 33.8 Å². The molecule has 9 unspecified atom stereocenters. The fourth-order valence-electron chi connectivity index (χ4n) is 5.68. The second-order valence-corrected chi connectivity index (χ2v) is 15.7. The van der Waals surface area contributed by atoms with E-state index in [2.05, 4.69) is 33.8 Å². The molecule has 5 heterocycles. The Bertz CT molecular complexity index is 2480. The highest BCUT2D eigenvalue weighted by Crippen LogP contribution is 2.60. The summed E-state index contributed by atoms with van der Waals surface area (Å²) in [5.41, 5.74) is 5.66. The second-order valence-electron chi connectivity index (χ2n) is 12.2. The molecule has 24 nitrogen and oxygen atoms in total. The van der Waals surface area contributed by atoms with Crippen LogP contribution in [0, 0.1) is 18.4 Å². The molecule has 1 fully saturated rings. The third-order valence-electron chi connectivity index (χ3n) is 8.60. The predicted octanol–water partition coefficient (Wildman–Crippen LogP) is -1.76. The molecule has 292 valence electrons. The van der Waals surface area contributed by atoms with Gasteiger partial charge in [-0.3, -0.25) is 28.4 Å². The van der Waals surface area contributed by atoms with E-state index in [4.69, 9.17) is 27.2 Å². The lowest BCUT2D eigenvalue weighted by molar-refractivity contribution is -0.0794. The van der Waals surface area contributed by atoms with E-state index >= 15 is 0 Å². The van der Waals surface area contributed by atoms with E-state index in [-0.39, 0.29) is 44.0 Å². The molecule has 1 aliphatic carbocycles. The van der Waals surface area contributed by atoms with Crippen LogP contribution < -0.4 is 17.0 Å². The van der Waals surface area contributed by atoms with E-state index in [1.54, 1.807) is 19.9 Å². The van der Waals surface area contributed by atoms with Crippen LogP contribution in [0.2, 0.25) is 0 Å². The molecule has 6 rings (SSSR count). The number of benzene rings is 1. The van der Waals surface area contributed by atoms with Gasteiger partial charge in [-0.25, -0.2) is 33.9 Å². The van der Waals surface area contributed by atoms with Gasteiger partial charge in [0.15, 0.2) is 23.2 Å². The molecule has 0 bridgehead atoms. The van der Waals surface area contributed by atoms with Crippen LogP contribution in [0.5, 0.6) is 0 Å². The van der Waals surface area contributed by atoms with Crippen LogP contribution in [0.25, 0.3) is 33.7 Å². The van der Waals surface area contributed by atoms with Crippen molar-refractivity contribution >= 4 is 56.0 Å². The molecular weight excluding hydrogens is 784 g/mol. The Morgan fingerprint density at radius 1 is 1.02 bits per heavy atom. The summed E-state index contributed by atoms with van der Waals surface area (Å²) in [6.45, 7) is 0.671. The Morgan fingerprint density at radius 3 is 2.44 bits per heavy atom. The molecule has 1 saturated heterocycles. The van der Waals surface area contributed by atoms with E-state index in [0.29, 0.717) is 11.1 Å². The number of aliphatic hydroxyl groups is 5. The predicted molar refractivity (Wildman–Crippen MR) is 184 cm³/mol. The molecule has 0 amide bonds. The van der Waals surface area contributed by atoms with Gasteiger partial charge < -0.3 is 50.4 Å². The Morgan fingerprint density at radius 2 is 1.72 bits per heavy atom. The van der Waals surface area contributed by atoms with Crippen molar-refractivity contribution in [1.29, 1.82) is 0 Å². The summed E-state index contributed by atoms with van der Waals surface area (Å²) in [6, 6.07) is 1.62. The van der Waals surface area contributed by atoms with E-state index in [0.717, 1.165) is 6.33 Å². The minimum atomic E-state index is -5.55. The number of anilines is 1. The van der Waals surface area contributed by atoms with Crippen LogP contribution in [0.1, 0.15) is 17.4 Å². The van der Waals surface area contributed by atoms with Gasteiger partial charge >= 0.3 is 21.3 Å². The summed E-state index contributed by atoms with van der Waals surface area (Å²) < 4.78 is 46.9. The topological polar surface area (TPSA) is 366 Å². The minimum Gasteiger partial charge on any atom is -0.388 e. The first-order chi connectivity index (χ1) is 25.3. The number of aryl methyl sites for hydroxylation is 1. The number of nitrogen functional groups attached to an aromatic ring is 1. The molecule has 27 heteroatoms. The third-order valence-corrected chi connectivity index (χ3v) is 11.7. The maximum Gasteiger partial charge on any atom is 0.481 e. The highest BCUT2D eigenvalue weighted by Gasteiger charge is 2.46. The quantitative estimate of drug-likeness (QED) is 0.0357. The zero-order chi connectivity index (χ0) is 39.4. The number of ether oxygens (including phenoxy) is 1. The zero-order valence-electron chi connectivity index (χ0n) is 27.9. The molecule has 54 heavy (non-hydrogen) atoms. The van der Waals surface area contributed by atoms with Gasteiger partial charge in [0.05, 0.1) is 36.3 Å². The summed E-state index contributed by atoms with van der Waals surface area (Å²) in [5, 5.41) is 53.2. The van der Waals surface area contributed by atoms with E-state index in [1.165, 1.54) is 15.5 Å². The summed E-state index contributed by atoms with van der Waals surface area (Å²) in [7, 11) is -11.0. The Hall–Kier alpha value is -3.91. The number of imidazole rings is 1. The second kappa shape index (κ2) is 15.0. The molecule has 0 spiro atoms. The van der Waals surface area contributed by atoms with Crippen molar-refractivity contribution in [2.24, 2.45) is 0 Å². The molecule has 9 atom stereocenters. The summed E-state index contributed by atoms with van der Waals surface area (Å²) in [4.78, 5) is 65.6. The molecular formula is C27H33N9O15P2S. The van der Waals surface area contributed by atoms with Gasteiger partial charge in [-0.15, -0.1) is 0 Å². The van der Waals surface area contributed by atoms with Gasteiger partial charge in [0.2, 0.25) is 0 Å². The number of nitrogens with one attached hydrogen (secondary N) is 2. The number of nitrogens with two attached hydrogens (primary N) is 1. The fourth-order valence-corrected chi connectivity index (χ4v) is 8.08. The zero-order valence-corrected chi connectivity index (χ0v) is 30.5. The summed E-state index contributed by atoms with van der Waals surface area (Å²) in [5.74, 6) is 0.0274. The van der Waals surface area contributed by atoms with Crippen molar-refractivity contribution in [3.63, 3.8) is 0 Å². The smallest absolute Gasteiger partial charge is 0.388 e. The SMILES string of the molecule is Cc1cc2n(CC(O)C(O)C(O)COP(=O)(O)OP(=O)(O)OCC3OC(n4cnc5c(N)ncnc54)C(O)C3O)c3[nH]c(=O)[nH]c(=O)c3nc-2c(=S)c1C. The number of phosphoric ester groups is 2. The molecule has 2 aliphatic heterocycles. The monoisotopic (exact) mass is 817 g/mol. The molecule has 0 radical (unpaired) electrons. The molecule has 3 aromatic heterocycles. The molecule has 11 N–H and O–H groups in total. The molecule has 0 saturated carbocycles. The van der Waals surface area contributed by atoms with Crippen LogP contribution >= 0.6 is 27.9 Å². The van der Waals surface area contributed by atoms with Crippen molar-refractivity contribution in [2.75, 3.05) is 18.9 Å². The normalized spacial score (nSPS) is 23.1.